The monoisotopic (exact) mass is 448 g/mol. The predicted molar refractivity (Wildman–Crippen MR) is 130 cm³/mol. The second-order valence-electron chi connectivity index (χ2n) is 7.93. The second-order valence-corrected chi connectivity index (χ2v) is 7.93. The highest BCUT2D eigenvalue weighted by atomic mass is 16.6. The normalized spacial score (nSPS) is 13.7. The van der Waals surface area contributed by atoms with Crippen molar-refractivity contribution in [2.45, 2.75) is 20.8 Å². The van der Waals surface area contributed by atoms with Crippen LogP contribution in [-0.2, 0) is 0 Å². The molecule has 0 unspecified atom stereocenters. The average molecular weight is 449 g/mol. The summed E-state index contributed by atoms with van der Waals surface area (Å²) in [6.45, 7) is 9.51. The van der Waals surface area contributed by atoms with E-state index in [0.29, 0.717) is 31.2 Å². The third-order valence-corrected chi connectivity index (χ3v) is 5.91. The number of ether oxygens (including phenoxy) is 1. The number of nitrogens with one attached hydrogen (secondary N) is 1. The van der Waals surface area contributed by atoms with Gasteiger partial charge in [-0.3, -0.25) is 10.1 Å². The maximum atomic E-state index is 12.0. The van der Waals surface area contributed by atoms with Gasteiger partial charge in [-0.15, -0.1) is 0 Å². The van der Waals surface area contributed by atoms with Crippen LogP contribution >= 0.6 is 0 Å². The van der Waals surface area contributed by atoms with Gasteiger partial charge in [0.05, 0.1) is 11.5 Å². The van der Waals surface area contributed by atoms with Gasteiger partial charge in [0.1, 0.15) is 12.1 Å². The largest absolute Gasteiger partial charge is 0.494 e. The van der Waals surface area contributed by atoms with Gasteiger partial charge in [0, 0.05) is 37.6 Å². The Morgan fingerprint density at radius 2 is 1.73 bits per heavy atom. The third kappa shape index (κ3) is 4.82. The van der Waals surface area contributed by atoms with Crippen molar-refractivity contribution < 1.29 is 9.66 Å². The van der Waals surface area contributed by atoms with Crippen molar-refractivity contribution in [1.29, 1.82) is 0 Å². The molecule has 2 aromatic carbocycles. The van der Waals surface area contributed by atoms with Gasteiger partial charge in [-0.25, -0.2) is 9.97 Å². The minimum atomic E-state index is -0.413. The molecule has 1 N–H and O–H groups in total. The van der Waals surface area contributed by atoms with Crippen molar-refractivity contribution in [1.82, 2.24) is 9.97 Å². The number of anilines is 4. The van der Waals surface area contributed by atoms with Gasteiger partial charge in [0.25, 0.3) is 0 Å². The quantitative estimate of drug-likeness (QED) is 0.418. The van der Waals surface area contributed by atoms with Crippen LogP contribution in [-0.4, -0.2) is 47.7 Å². The highest BCUT2D eigenvalue weighted by Gasteiger charge is 2.29. The topological polar surface area (TPSA) is 96.7 Å². The van der Waals surface area contributed by atoms with Crippen LogP contribution in [0.25, 0.3) is 0 Å². The molecule has 9 nitrogen and oxygen atoms in total. The van der Waals surface area contributed by atoms with Crippen LogP contribution in [0, 0.1) is 24.0 Å². The first-order chi connectivity index (χ1) is 16.0. The van der Waals surface area contributed by atoms with Crippen LogP contribution in [0.2, 0.25) is 0 Å². The molecule has 1 aliphatic rings. The standard InChI is InChI=1S/C24H28N6O3/c1-4-33-20-10-8-19(9-11-20)27-23-22(30(31)32)24(26-16-25-23)29-14-12-28(13-15-29)21-7-5-6-17(2)18(21)3/h5-11,16H,4,12-15H2,1-3H3,(H,25,26,27). The Morgan fingerprint density at radius 3 is 2.39 bits per heavy atom. The fourth-order valence-electron chi connectivity index (χ4n) is 4.04. The summed E-state index contributed by atoms with van der Waals surface area (Å²) in [5, 5.41) is 15.1. The van der Waals surface area contributed by atoms with Crippen LogP contribution in [0.1, 0.15) is 18.1 Å². The molecular weight excluding hydrogens is 420 g/mol. The van der Waals surface area contributed by atoms with Gasteiger partial charge in [0.2, 0.25) is 11.6 Å². The van der Waals surface area contributed by atoms with E-state index in [1.807, 2.05) is 24.0 Å². The highest BCUT2D eigenvalue weighted by molar-refractivity contribution is 5.75. The van der Waals surface area contributed by atoms with Crippen molar-refractivity contribution in [2.24, 2.45) is 0 Å². The molecule has 0 saturated carbocycles. The minimum Gasteiger partial charge on any atom is -0.494 e. The summed E-state index contributed by atoms with van der Waals surface area (Å²) < 4.78 is 5.45. The lowest BCUT2D eigenvalue weighted by Gasteiger charge is -2.37. The van der Waals surface area contributed by atoms with E-state index in [2.05, 4.69) is 52.2 Å². The second kappa shape index (κ2) is 9.72. The summed E-state index contributed by atoms with van der Waals surface area (Å²) in [5.74, 6) is 1.25. The summed E-state index contributed by atoms with van der Waals surface area (Å²) in [6.07, 6.45) is 1.37. The molecule has 172 valence electrons. The molecule has 33 heavy (non-hydrogen) atoms. The molecule has 0 atom stereocenters. The van der Waals surface area contributed by atoms with E-state index in [1.54, 1.807) is 12.1 Å². The van der Waals surface area contributed by atoms with Crippen molar-refractivity contribution in [2.75, 3.05) is 47.9 Å². The molecule has 3 aromatic rings. The molecule has 1 aliphatic heterocycles. The molecule has 0 spiro atoms. The van der Waals surface area contributed by atoms with Crippen LogP contribution in [0.15, 0.2) is 48.8 Å². The molecule has 0 radical (unpaired) electrons. The van der Waals surface area contributed by atoms with Gasteiger partial charge in [-0.2, -0.15) is 0 Å². The Bertz CT molecular complexity index is 1130. The number of nitro groups is 1. The van der Waals surface area contributed by atoms with E-state index >= 15 is 0 Å². The molecule has 0 bridgehead atoms. The van der Waals surface area contributed by atoms with Gasteiger partial charge < -0.3 is 19.9 Å². The molecule has 1 fully saturated rings. The molecule has 1 saturated heterocycles. The van der Waals surface area contributed by atoms with Crippen molar-refractivity contribution >= 4 is 28.7 Å². The predicted octanol–water partition coefficient (Wildman–Crippen LogP) is 4.47. The zero-order valence-electron chi connectivity index (χ0n) is 19.1. The van der Waals surface area contributed by atoms with Crippen molar-refractivity contribution in [3.63, 3.8) is 0 Å². The van der Waals surface area contributed by atoms with E-state index in [0.717, 1.165) is 18.8 Å². The summed E-state index contributed by atoms with van der Waals surface area (Å²) in [5.41, 5.74) is 4.30. The maximum Gasteiger partial charge on any atom is 0.353 e. The number of hydrogen-bond donors (Lipinski definition) is 1. The van der Waals surface area contributed by atoms with Gasteiger partial charge in [0.15, 0.2) is 0 Å². The zero-order valence-corrected chi connectivity index (χ0v) is 19.1. The van der Waals surface area contributed by atoms with E-state index in [4.69, 9.17) is 4.74 Å². The molecular formula is C24H28N6O3. The molecule has 0 amide bonds. The van der Waals surface area contributed by atoms with Crippen molar-refractivity contribution in [3.8, 4) is 5.75 Å². The Labute approximate surface area is 193 Å². The summed E-state index contributed by atoms with van der Waals surface area (Å²) in [7, 11) is 0. The first kappa shape index (κ1) is 22.3. The summed E-state index contributed by atoms with van der Waals surface area (Å²) >= 11 is 0. The lowest BCUT2D eigenvalue weighted by Crippen LogP contribution is -2.47. The van der Waals surface area contributed by atoms with E-state index < -0.39 is 4.92 Å². The summed E-state index contributed by atoms with van der Waals surface area (Å²) in [6, 6.07) is 13.5. The fraction of sp³-hybridized carbons (Fsp3) is 0.333. The van der Waals surface area contributed by atoms with E-state index in [1.165, 1.54) is 23.1 Å². The SMILES string of the molecule is CCOc1ccc(Nc2ncnc(N3CCN(c4cccc(C)c4C)CC3)c2[N+](=O)[O-])cc1. The van der Waals surface area contributed by atoms with Crippen LogP contribution in [0.4, 0.5) is 28.7 Å². The smallest absolute Gasteiger partial charge is 0.353 e. The fourth-order valence-corrected chi connectivity index (χ4v) is 4.04. The number of benzene rings is 2. The Kier molecular flexibility index (Phi) is 6.58. The van der Waals surface area contributed by atoms with Crippen LogP contribution < -0.4 is 19.9 Å². The molecule has 4 rings (SSSR count). The van der Waals surface area contributed by atoms with Gasteiger partial charge in [-0.05, 0) is 62.2 Å². The molecule has 2 heterocycles. The first-order valence-corrected chi connectivity index (χ1v) is 11.0. The van der Waals surface area contributed by atoms with Crippen LogP contribution in [0.5, 0.6) is 5.75 Å². The first-order valence-electron chi connectivity index (χ1n) is 11.0. The number of aromatic nitrogens is 2. The minimum absolute atomic E-state index is 0.119. The van der Waals surface area contributed by atoms with E-state index in [9.17, 15) is 10.1 Å². The summed E-state index contributed by atoms with van der Waals surface area (Å²) in [4.78, 5) is 24.3. The number of hydrogen-bond acceptors (Lipinski definition) is 8. The van der Waals surface area contributed by atoms with E-state index in [-0.39, 0.29) is 11.5 Å². The molecule has 1 aromatic heterocycles. The molecule has 0 aliphatic carbocycles. The number of aryl methyl sites for hydroxylation is 1. The maximum absolute atomic E-state index is 12.0. The van der Waals surface area contributed by atoms with Gasteiger partial charge >= 0.3 is 5.69 Å². The van der Waals surface area contributed by atoms with Crippen molar-refractivity contribution in [3.05, 3.63) is 70.0 Å². The average Bonchev–Trinajstić information content (AvgIpc) is 2.82. The number of nitrogens with zero attached hydrogens (tertiary/aromatic N) is 5. The van der Waals surface area contributed by atoms with Crippen LogP contribution in [0.3, 0.4) is 0 Å². The van der Waals surface area contributed by atoms with Gasteiger partial charge in [-0.1, -0.05) is 12.1 Å². The Morgan fingerprint density at radius 1 is 1.03 bits per heavy atom. The zero-order chi connectivity index (χ0) is 23.4. The molecule has 9 heteroatoms. The Hall–Kier alpha value is -3.88. The highest BCUT2D eigenvalue weighted by Crippen LogP contribution is 2.35. The lowest BCUT2D eigenvalue weighted by molar-refractivity contribution is -0.383. The third-order valence-electron chi connectivity index (χ3n) is 5.91. The number of piperazine rings is 1. The Balaban J connectivity index is 1.54. The number of rotatable bonds is 7. The lowest BCUT2D eigenvalue weighted by atomic mass is 10.1.